The van der Waals surface area contributed by atoms with E-state index in [4.69, 9.17) is 11.6 Å². The van der Waals surface area contributed by atoms with E-state index < -0.39 is 16.1 Å². The molecule has 88 valence electrons. The fraction of sp³-hybridized carbons (Fsp3) is 0.222. The SMILES string of the molecule is COC(=O)N(c1ccc(Cl)cc1)S(C)(=O)=O. The molecule has 0 spiro atoms. The first-order valence-corrected chi connectivity index (χ1v) is 6.42. The van der Waals surface area contributed by atoms with Gasteiger partial charge in [0.1, 0.15) is 0 Å². The van der Waals surface area contributed by atoms with Gasteiger partial charge in [0.25, 0.3) is 0 Å². The Bertz CT molecular complexity index is 483. The minimum Gasteiger partial charge on any atom is -0.452 e. The predicted molar refractivity (Wildman–Crippen MR) is 61.2 cm³/mol. The number of carbonyl (C=O) groups is 1. The molecule has 0 unspecified atom stereocenters. The summed E-state index contributed by atoms with van der Waals surface area (Å²) in [6.45, 7) is 0. The third-order valence-corrected chi connectivity index (χ3v) is 3.01. The number of anilines is 1. The van der Waals surface area contributed by atoms with Gasteiger partial charge in [0.15, 0.2) is 0 Å². The van der Waals surface area contributed by atoms with Crippen LogP contribution in [0, 0.1) is 0 Å². The number of methoxy groups -OCH3 is 1. The van der Waals surface area contributed by atoms with E-state index in [2.05, 4.69) is 4.74 Å². The highest BCUT2D eigenvalue weighted by atomic mass is 35.5. The van der Waals surface area contributed by atoms with Crippen molar-refractivity contribution in [2.75, 3.05) is 17.7 Å². The van der Waals surface area contributed by atoms with Crippen molar-refractivity contribution in [2.45, 2.75) is 0 Å². The molecule has 5 nitrogen and oxygen atoms in total. The van der Waals surface area contributed by atoms with Gasteiger partial charge in [-0.2, -0.15) is 4.31 Å². The van der Waals surface area contributed by atoms with Crippen molar-refractivity contribution in [3.05, 3.63) is 29.3 Å². The van der Waals surface area contributed by atoms with Crippen LogP contribution in [-0.2, 0) is 14.8 Å². The number of hydrogen-bond acceptors (Lipinski definition) is 4. The minimum atomic E-state index is -3.73. The van der Waals surface area contributed by atoms with Crippen LogP contribution in [0.25, 0.3) is 0 Å². The Hall–Kier alpha value is -1.27. The third-order valence-electron chi connectivity index (χ3n) is 1.73. The molecule has 16 heavy (non-hydrogen) atoms. The number of benzene rings is 1. The van der Waals surface area contributed by atoms with Gasteiger partial charge in [0, 0.05) is 5.02 Å². The summed E-state index contributed by atoms with van der Waals surface area (Å²) < 4.78 is 27.8. The molecule has 0 radical (unpaired) electrons. The van der Waals surface area contributed by atoms with Gasteiger partial charge in [-0.1, -0.05) is 11.6 Å². The molecule has 1 aromatic carbocycles. The molecular formula is C9H10ClNO4S. The molecule has 0 atom stereocenters. The van der Waals surface area contributed by atoms with Gasteiger partial charge in [-0.05, 0) is 24.3 Å². The van der Waals surface area contributed by atoms with Crippen LogP contribution < -0.4 is 4.31 Å². The second kappa shape index (κ2) is 4.71. The maximum atomic E-state index is 11.4. The molecule has 0 aliphatic carbocycles. The third kappa shape index (κ3) is 2.86. The van der Waals surface area contributed by atoms with Gasteiger partial charge >= 0.3 is 6.09 Å². The van der Waals surface area contributed by atoms with Gasteiger partial charge in [-0.15, -0.1) is 0 Å². The Morgan fingerprint density at radius 1 is 1.31 bits per heavy atom. The topological polar surface area (TPSA) is 63.7 Å². The molecule has 1 aromatic rings. The van der Waals surface area contributed by atoms with E-state index in [1.165, 1.54) is 24.3 Å². The van der Waals surface area contributed by atoms with Crippen molar-refractivity contribution in [1.29, 1.82) is 0 Å². The van der Waals surface area contributed by atoms with Gasteiger partial charge in [0.05, 0.1) is 19.1 Å². The summed E-state index contributed by atoms with van der Waals surface area (Å²) in [5.74, 6) is 0. The summed E-state index contributed by atoms with van der Waals surface area (Å²) in [7, 11) is -2.62. The standard InChI is InChI=1S/C9H10ClNO4S/c1-15-9(12)11(16(2,13)14)8-5-3-7(10)4-6-8/h3-6H,1-2H3. The summed E-state index contributed by atoms with van der Waals surface area (Å²) in [4.78, 5) is 11.3. The van der Waals surface area contributed by atoms with E-state index in [1.807, 2.05) is 0 Å². The summed E-state index contributed by atoms with van der Waals surface area (Å²) in [5, 5.41) is 0.446. The lowest BCUT2D eigenvalue weighted by molar-refractivity contribution is 0.183. The molecule has 7 heteroatoms. The highest BCUT2D eigenvalue weighted by Gasteiger charge is 2.25. The number of sulfonamides is 1. The van der Waals surface area contributed by atoms with Crippen LogP contribution in [0.3, 0.4) is 0 Å². The van der Waals surface area contributed by atoms with Crippen molar-refractivity contribution in [3.8, 4) is 0 Å². The minimum absolute atomic E-state index is 0.179. The molecule has 0 aliphatic heterocycles. The monoisotopic (exact) mass is 263 g/mol. The molecule has 0 aliphatic rings. The van der Waals surface area contributed by atoms with Crippen molar-refractivity contribution >= 4 is 33.4 Å². The average Bonchev–Trinajstić information content (AvgIpc) is 2.19. The van der Waals surface area contributed by atoms with E-state index in [1.54, 1.807) is 0 Å². The maximum absolute atomic E-state index is 11.4. The van der Waals surface area contributed by atoms with E-state index in [9.17, 15) is 13.2 Å². The Morgan fingerprint density at radius 2 is 1.81 bits per heavy atom. The Labute approximate surface area is 98.6 Å². The predicted octanol–water partition coefficient (Wildman–Crippen LogP) is 1.87. The summed E-state index contributed by atoms with van der Waals surface area (Å²) in [6, 6.07) is 5.80. The fourth-order valence-corrected chi connectivity index (χ4v) is 2.07. The molecule has 0 saturated carbocycles. The van der Waals surface area contributed by atoms with E-state index in [0.29, 0.717) is 9.33 Å². The number of carbonyl (C=O) groups excluding carboxylic acids is 1. The first-order chi connectivity index (χ1) is 7.36. The fourth-order valence-electron chi connectivity index (χ4n) is 1.09. The Kier molecular flexibility index (Phi) is 3.77. The van der Waals surface area contributed by atoms with Gasteiger partial charge < -0.3 is 4.74 Å². The van der Waals surface area contributed by atoms with E-state index in [0.717, 1.165) is 13.4 Å². The van der Waals surface area contributed by atoms with Crippen LogP contribution in [-0.4, -0.2) is 27.9 Å². The number of nitrogens with zero attached hydrogens (tertiary/aromatic N) is 1. The lowest BCUT2D eigenvalue weighted by Gasteiger charge is -2.18. The highest BCUT2D eigenvalue weighted by molar-refractivity contribution is 7.92. The second-order valence-electron chi connectivity index (χ2n) is 2.97. The van der Waals surface area contributed by atoms with Crippen molar-refractivity contribution in [1.82, 2.24) is 0 Å². The van der Waals surface area contributed by atoms with Crippen LogP contribution in [0.2, 0.25) is 5.02 Å². The zero-order chi connectivity index (χ0) is 12.3. The van der Waals surface area contributed by atoms with Crippen LogP contribution in [0.1, 0.15) is 0 Å². The quantitative estimate of drug-likeness (QED) is 0.817. The van der Waals surface area contributed by atoms with Crippen LogP contribution in [0.15, 0.2) is 24.3 Å². The van der Waals surface area contributed by atoms with E-state index >= 15 is 0 Å². The first-order valence-electron chi connectivity index (χ1n) is 4.20. The summed E-state index contributed by atoms with van der Waals surface area (Å²) in [5.41, 5.74) is 0.179. The van der Waals surface area contributed by atoms with Crippen LogP contribution >= 0.6 is 11.6 Å². The lowest BCUT2D eigenvalue weighted by atomic mass is 10.3. The largest absolute Gasteiger partial charge is 0.452 e. The van der Waals surface area contributed by atoms with E-state index in [-0.39, 0.29) is 5.69 Å². The molecule has 0 bridgehead atoms. The van der Waals surface area contributed by atoms with Gasteiger partial charge in [0.2, 0.25) is 10.0 Å². The molecule has 0 aromatic heterocycles. The van der Waals surface area contributed by atoms with Crippen LogP contribution in [0.4, 0.5) is 10.5 Å². The van der Waals surface area contributed by atoms with Crippen LogP contribution in [0.5, 0.6) is 0 Å². The van der Waals surface area contributed by atoms with Crippen molar-refractivity contribution in [3.63, 3.8) is 0 Å². The van der Waals surface area contributed by atoms with Gasteiger partial charge in [-0.3, -0.25) is 0 Å². The molecule has 0 fully saturated rings. The smallest absolute Gasteiger partial charge is 0.428 e. The highest BCUT2D eigenvalue weighted by Crippen LogP contribution is 2.21. The summed E-state index contributed by atoms with van der Waals surface area (Å²) in [6.07, 6.45) is -0.0526. The Morgan fingerprint density at radius 3 is 2.19 bits per heavy atom. The number of halogens is 1. The molecular weight excluding hydrogens is 254 g/mol. The number of hydrogen-bond donors (Lipinski definition) is 0. The zero-order valence-corrected chi connectivity index (χ0v) is 10.2. The average molecular weight is 264 g/mol. The number of rotatable bonds is 2. The van der Waals surface area contributed by atoms with Crippen molar-refractivity contribution in [2.24, 2.45) is 0 Å². The molecule has 0 heterocycles. The number of ether oxygens (including phenoxy) is 1. The lowest BCUT2D eigenvalue weighted by Crippen LogP contribution is -2.35. The summed E-state index contributed by atoms with van der Waals surface area (Å²) >= 11 is 5.66. The first kappa shape index (κ1) is 12.8. The molecule has 1 rings (SSSR count). The maximum Gasteiger partial charge on any atom is 0.428 e. The van der Waals surface area contributed by atoms with Crippen molar-refractivity contribution < 1.29 is 17.9 Å². The van der Waals surface area contributed by atoms with Gasteiger partial charge in [-0.25, -0.2) is 13.2 Å². The second-order valence-corrected chi connectivity index (χ2v) is 5.24. The number of amides is 1. The molecule has 0 saturated heterocycles. The zero-order valence-electron chi connectivity index (χ0n) is 8.68. The molecule has 0 N–H and O–H groups in total. The normalized spacial score (nSPS) is 10.9. The molecule has 1 amide bonds. The Balaban J connectivity index is 3.22.